The number of terminal acetylenes is 1. The molecule has 0 bridgehead atoms. The number of aryl methyl sites for hydroxylation is 1. The largest absolute Gasteiger partial charge is 0.438 e. The van der Waals surface area contributed by atoms with Crippen molar-refractivity contribution in [1.29, 1.82) is 0 Å². The van der Waals surface area contributed by atoms with Gasteiger partial charge < -0.3 is 14.6 Å². The SMILES string of the molecule is C#CCOC[C@@H](O)CN(Cc1c(C)nn(-c2ccccc2)c1Oc1cccc(F)c1)C(C)C. The molecule has 7 heteroatoms. The lowest BCUT2D eigenvalue weighted by molar-refractivity contribution is 0.0190. The molecule has 0 aliphatic carbocycles. The highest BCUT2D eigenvalue weighted by molar-refractivity contribution is 5.43. The van der Waals surface area contributed by atoms with Crippen molar-refractivity contribution in [2.24, 2.45) is 0 Å². The Morgan fingerprint density at radius 2 is 1.94 bits per heavy atom. The molecule has 0 fully saturated rings. The Kier molecular flexibility index (Phi) is 8.61. The summed E-state index contributed by atoms with van der Waals surface area (Å²) in [6.07, 6.45) is 4.51. The molecule has 0 saturated heterocycles. The van der Waals surface area contributed by atoms with Gasteiger partial charge in [-0.25, -0.2) is 9.07 Å². The van der Waals surface area contributed by atoms with Crippen LogP contribution in [0.1, 0.15) is 25.1 Å². The third-order valence-electron chi connectivity index (χ3n) is 5.18. The number of hydrogen-bond donors (Lipinski definition) is 1. The highest BCUT2D eigenvalue weighted by Crippen LogP contribution is 2.32. The molecule has 0 amide bonds. The Labute approximate surface area is 194 Å². The second-order valence-corrected chi connectivity index (χ2v) is 8.07. The van der Waals surface area contributed by atoms with E-state index in [9.17, 15) is 9.50 Å². The monoisotopic (exact) mass is 451 g/mol. The zero-order valence-corrected chi connectivity index (χ0v) is 19.2. The molecule has 0 aliphatic rings. The number of benzene rings is 2. The first kappa shape index (κ1) is 24.5. The lowest BCUT2D eigenvalue weighted by Gasteiger charge is -2.28. The number of rotatable bonds is 11. The van der Waals surface area contributed by atoms with Crippen LogP contribution in [0.4, 0.5) is 4.39 Å². The van der Waals surface area contributed by atoms with E-state index < -0.39 is 6.10 Å². The molecule has 2 aromatic carbocycles. The predicted octanol–water partition coefficient (Wildman–Crippen LogP) is 4.33. The first-order valence-electron chi connectivity index (χ1n) is 10.9. The van der Waals surface area contributed by atoms with Gasteiger partial charge in [-0.05, 0) is 45.0 Å². The molecule has 174 valence electrons. The second-order valence-electron chi connectivity index (χ2n) is 8.07. The van der Waals surface area contributed by atoms with E-state index in [1.807, 2.05) is 37.3 Å². The number of halogens is 1. The normalized spacial score (nSPS) is 12.2. The van der Waals surface area contributed by atoms with Crippen LogP contribution in [0, 0.1) is 25.1 Å². The summed E-state index contributed by atoms with van der Waals surface area (Å²) in [5.74, 6) is 2.91. The fourth-order valence-corrected chi connectivity index (χ4v) is 3.45. The van der Waals surface area contributed by atoms with E-state index in [1.165, 1.54) is 12.1 Å². The van der Waals surface area contributed by atoms with Crippen LogP contribution >= 0.6 is 0 Å². The van der Waals surface area contributed by atoms with Crippen LogP contribution in [0.2, 0.25) is 0 Å². The maximum Gasteiger partial charge on any atom is 0.227 e. The quantitative estimate of drug-likeness (QED) is 0.347. The van der Waals surface area contributed by atoms with Crippen molar-refractivity contribution in [3.8, 4) is 29.7 Å². The van der Waals surface area contributed by atoms with Crippen molar-refractivity contribution >= 4 is 0 Å². The number of ether oxygens (including phenoxy) is 2. The van der Waals surface area contributed by atoms with Crippen LogP contribution in [-0.2, 0) is 11.3 Å². The topological polar surface area (TPSA) is 59.8 Å². The third kappa shape index (κ3) is 6.65. The van der Waals surface area contributed by atoms with Gasteiger partial charge in [-0.2, -0.15) is 5.10 Å². The van der Waals surface area contributed by atoms with Crippen molar-refractivity contribution < 1.29 is 19.0 Å². The van der Waals surface area contributed by atoms with E-state index >= 15 is 0 Å². The molecular formula is C26H30FN3O3. The molecule has 1 aromatic heterocycles. The summed E-state index contributed by atoms with van der Waals surface area (Å²) in [6, 6.07) is 15.8. The van der Waals surface area contributed by atoms with E-state index in [-0.39, 0.29) is 25.1 Å². The minimum absolute atomic E-state index is 0.133. The molecule has 0 unspecified atom stereocenters. The first-order chi connectivity index (χ1) is 15.9. The lowest BCUT2D eigenvalue weighted by Crippen LogP contribution is -2.39. The number of aliphatic hydroxyl groups excluding tert-OH is 1. The summed E-state index contributed by atoms with van der Waals surface area (Å²) >= 11 is 0. The van der Waals surface area contributed by atoms with Crippen molar-refractivity contribution in [2.75, 3.05) is 19.8 Å². The lowest BCUT2D eigenvalue weighted by atomic mass is 10.2. The number of hydrogen-bond acceptors (Lipinski definition) is 5. The van der Waals surface area contributed by atoms with Crippen molar-refractivity contribution in [1.82, 2.24) is 14.7 Å². The molecule has 0 aliphatic heterocycles. The Bertz CT molecular complexity index is 1080. The zero-order valence-electron chi connectivity index (χ0n) is 19.2. The Morgan fingerprint density at radius 1 is 1.18 bits per heavy atom. The van der Waals surface area contributed by atoms with Crippen molar-refractivity contribution in [3.63, 3.8) is 0 Å². The Morgan fingerprint density at radius 3 is 2.61 bits per heavy atom. The molecule has 1 N–H and O–H groups in total. The summed E-state index contributed by atoms with van der Waals surface area (Å²) in [5, 5.41) is 15.1. The maximum absolute atomic E-state index is 13.8. The Balaban J connectivity index is 1.94. The fraction of sp³-hybridized carbons (Fsp3) is 0.346. The Hall–Kier alpha value is -3.18. The van der Waals surface area contributed by atoms with Crippen LogP contribution in [0.25, 0.3) is 5.69 Å². The average molecular weight is 452 g/mol. The van der Waals surface area contributed by atoms with E-state index in [0.29, 0.717) is 24.7 Å². The summed E-state index contributed by atoms with van der Waals surface area (Å²) in [6.45, 7) is 7.21. The molecule has 33 heavy (non-hydrogen) atoms. The van der Waals surface area contributed by atoms with Gasteiger partial charge in [0.15, 0.2) is 0 Å². The smallest absolute Gasteiger partial charge is 0.227 e. The van der Waals surface area contributed by atoms with Gasteiger partial charge in [-0.15, -0.1) is 6.42 Å². The standard InChI is InChI=1S/C26H30FN3O3/c1-5-14-32-18-23(31)16-29(19(2)3)17-25-20(4)28-30(22-11-7-6-8-12-22)26(25)33-24-13-9-10-21(27)15-24/h1,6-13,15,19,23,31H,14,16-18H2,2-4H3/t23-/m0/s1. The summed E-state index contributed by atoms with van der Waals surface area (Å²) in [4.78, 5) is 2.11. The second kappa shape index (κ2) is 11.6. The highest BCUT2D eigenvalue weighted by Gasteiger charge is 2.24. The van der Waals surface area contributed by atoms with Crippen LogP contribution in [0.3, 0.4) is 0 Å². The van der Waals surface area contributed by atoms with Crippen molar-refractivity contribution in [2.45, 2.75) is 39.5 Å². The number of aliphatic hydroxyl groups is 1. The van der Waals surface area contributed by atoms with E-state index in [4.69, 9.17) is 21.0 Å². The number of nitrogens with zero attached hydrogens (tertiary/aromatic N) is 3. The molecule has 3 rings (SSSR count). The van der Waals surface area contributed by atoms with Gasteiger partial charge in [0, 0.05) is 25.2 Å². The molecule has 1 heterocycles. The van der Waals surface area contributed by atoms with Gasteiger partial charge in [0.25, 0.3) is 0 Å². The van der Waals surface area contributed by atoms with Crippen LogP contribution in [0.5, 0.6) is 11.6 Å². The van der Waals surface area contributed by atoms with E-state index in [2.05, 4.69) is 24.7 Å². The zero-order chi connectivity index (χ0) is 23.8. The van der Waals surface area contributed by atoms with E-state index in [0.717, 1.165) is 16.9 Å². The molecular weight excluding hydrogens is 421 g/mol. The fourth-order valence-electron chi connectivity index (χ4n) is 3.45. The van der Waals surface area contributed by atoms with Crippen LogP contribution in [-0.4, -0.2) is 51.7 Å². The van der Waals surface area contributed by atoms with Crippen LogP contribution in [0.15, 0.2) is 54.6 Å². The van der Waals surface area contributed by atoms with Gasteiger partial charge in [-0.1, -0.05) is 30.2 Å². The summed E-state index contributed by atoms with van der Waals surface area (Å²) in [5.41, 5.74) is 2.47. The molecule has 6 nitrogen and oxygen atoms in total. The van der Waals surface area contributed by atoms with Gasteiger partial charge in [0.1, 0.15) is 18.2 Å². The summed E-state index contributed by atoms with van der Waals surface area (Å²) < 4.78 is 27.0. The minimum Gasteiger partial charge on any atom is -0.438 e. The van der Waals surface area contributed by atoms with Crippen molar-refractivity contribution in [3.05, 3.63) is 71.7 Å². The van der Waals surface area contributed by atoms with Gasteiger partial charge >= 0.3 is 0 Å². The summed E-state index contributed by atoms with van der Waals surface area (Å²) in [7, 11) is 0. The molecule has 3 aromatic rings. The van der Waals surface area contributed by atoms with Crippen LogP contribution < -0.4 is 4.74 Å². The number of para-hydroxylation sites is 1. The number of aromatic nitrogens is 2. The predicted molar refractivity (Wildman–Crippen MR) is 126 cm³/mol. The average Bonchev–Trinajstić information content (AvgIpc) is 3.09. The molecule has 0 radical (unpaired) electrons. The molecule has 1 atom stereocenters. The molecule has 0 spiro atoms. The third-order valence-corrected chi connectivity index (χ3v) is 5.18. The highest BCUT2D eigenvalue weighted by atomic mass is 19.1. The van der Waals surface area contributed by atoms with Gasteiger partial charge in [0.2, 0.25) is 5.88 Å². The minimum atomic E-state index is -0.696. The maximum atomic E-state index is 13.8. The first-order valence-corrected chi connectivity index (χ1v) is 10.9. The van der Waals surface area contributed by atoms with Gasteiger partial charge in [-0.3, -0.25) is 4.90 Å². The molecule has 0 saturated carbocycles. The van der Waals surface area contributed by atoms with E-state index in [1.54, 1.807) is 16.8 Å². The van der Waals surface area contributed by atoms with Gasteiger partial charge in [0.05, 0.1) is 29.7 Å².